The van der Waals surface area contributed by atoms with Crippen LogP contribution < -0.4 is 0 Å². The molecule has 1 spiro atoms. The summed E-state index contributed by atoms with van der Waals surface area (Å²) in [5, 5.41) is 25.5. The van der Waals surface area contributed by atoms with Gasteiger partial charge in [0.05, 0.1) is 23.0 Å². The van der Waals surface area contributed by atoms with Gasteiger partial charge in [-0.1, -0.05) is 12.2 Å². The second-order valence-corrected chi connectivity index (χ2v) is 7.45. The number of nitro groups is 1. The molecular formula is C18H15N3O5. The lowest BCUT2D eigenvalue weighted by Gasteiger charge is -2.18. The number of nitro benzene ring substituents is 1. The fraction of sp³-hybridized carbons (Fsp3) is 0.389. The van der Waals surface area contributed by atoms with Gasteiger partial charge in [0.2, 0.25) is 0 Å². The zero-order chi connectivity index (χ0) is 18.2. The Balaban J connectivity index is 1.44. The van der Waals surface area contributed by atoms with Crippen molar-refractivity contribution in [3.8, 4) is 5.75 Å². The molecule has 0 aromatic heterocycles. The summed E-state index contributed by atoms with van der Waals surface area (Å²) in [7, 11) is 0. The molecule has 3 aliphatic carbocycles. The number of imide groups is 1. The minimum atomic E-state index is -0.591. The molecule has 4 atom stereocenters. The first-order valence-corrected chi connectivity index (χ1v) is 8.51. The molecule has 2 amide bonds. The molecule has 1 heterocycles. The van der Waals surface area contributed by atoms with Crippen molar-refractivity contribution in [2.75, 3.05) is 0 Å². The van der Waals surface area contributed by atoms with Gasteiger partial charge in [-0.25, -0.2) is 0 Å². The number of rotatable bonds is 3. The van der Waals surface area contributed by atoms with E-state index in [1.54, 1.807) is 0 Å². The number of fused-ring (bicyclic) bond motifs is 3. The molecule has 0 radical (unpaired) electrons. The highest BCUT2D eigenvalue weighted by atomic mass is 16.6. The molecule has 8 heteroatoms. The van der Waals surface area contributed by atoms with E-state index in [0.29, 0.717) is 0 Å². The Kier molecular flexibility index (Phi) is 2.80. The molecule has 1 saturated heterocycles. The predicted octanol–water partition coefficient (Wildman–Crippen LogP) is 1.83. The molecule has 8 nitrogen and oxygen atoms in total. The number of carbonyl (C=O) groups excluding carboxylic acids is 2. The Morgan fingerprint density at radius 2 is 1.81 bits per heavy atom. The Morgan fingerprint density at radius 3 is 2.35 bits per heavy atom. The van der Waals surface area contributed by atoms with Crippen molar-refractivity contribution in [1.29, 1.82) is 0 Å². The number of phenols is 1. The Hall–Kier alpha value is -3.03. The average molecular weight is 353 g/mol. The zero-order valence-corrected chi connectivity index (χ0v) is 13.6. The Labute approximate surface area is 147 Å². The molecule has 1 aromatic rings. The minimum absolute atomic E-state index is 0.0802. The first-order chi connectivity index (χ1) is 12.4. The van der Waals surface area contributed by atoms with E-state index in [1.807, 2.05) is 0 Å². The zero-order valence-electron chi connectivity index (χ0n) is 13.6. The molecule has 132 valence electrons. The number of benzene rings is 1. The van der Waals surface area contributed by atoms with Crippen molar-refractivity contribution in [2.24, 2.45) is 34.2 Å². The summed E-state index contributed by atoms with van der Waals surface area (Å²) in [6.45, 7) is 0. The van der Waals surface area contributed by atoms with E-state index in [-0.39, 0.29) is 57.9 Å². The van der Waals surface area contributed by atoms with Crippen LogP contribution in [0.3, 0.4) is 0 Å². The van der Waals surface area contributed by atoms with E-state index >= 15 is 0 Å². The second kappa shape index (κ2) is 4.78. The Bertz CT molecular complexity index is 899. The van der Waals surface area contributed by atoms with Crippen LogP contribution in [0, 0.1) is 39.2 Å². The number of nitrogens with zero attached hydrogens (tertiary/aromatic N) is 3. The summed E-state index contributed by atoms with van der Waals surface area (Å²) in [4.78, 5) is 35.8. The maximum Gasteiger partial charge on any atom is 0.270 e. The van der Waals surface area contributed by atoms with E-state index in [4.69, 9.17) is 0 Å². The van der Waals surface area contributed by atoms with E-state index in [2.05, 4.69) is 17.3 Å². The van der Waals surface area contributed by atoms with Crippen LogP contribution in [0.4, 0.5) is 5.69 Å². The standard InChI is InChI=1S/C18H15N3O5/c22-13-4-1-10(21(25)26)7-9(13)8-19-20-16(23)14-11-2-3-12(15(14)17(20)24)18(11)5-6-18/h1-4,7-8,11-12,14-15,22H,5-6H2. The van der Waals surface area contributed by atoms with Crippen LogP contribution in [0.25, 0.3) is 0 Å². The lowest BCUT2D eigenvalue weighted by atomic mass is 9.85. The van der Waals surface area contributed by atoms with Crippen molar-refractivity contribution in [3.63, 3.8) is 0 Å². The quantitative estimate of drug-likeness (QED) is 0.293. The van der Waals surface area contributed by atoms with E-state index in [0.717, 1.165) is 30.1 Å². The van der Waals surface area contributed by atoms with Gasteiger partial charge in [-0.2, -0.15) is 10.1 Å². The number of aromatic hydroxyl groups is 1. The summed E-state index contributed by atoms with van der Waals surface area (Å²) in [5.74, 6) is -1.32. The molecule has 2 bridgehead atoms. The van der Waals surface area contributed by atoms with E-state index < -0.39 is 4.92 Å². The van der Waals surface area contributed by atoms with E-state index in [1.165, 1.54) is 12.1 Å². The highest BCUT2D eigenvalue weighted by Crippen LogP contribution is 2.73. The fourth-order valence-corrected chi connectivity index (χ4v) is 5.06. The molecule has 5 rings (SSSR count). The summed E-state index contributed by atoms with van der Waals surface area (Å²) in [5.41, 5.74) is -0.0101. The third kappa shape index (κ3) is 1.76. The van der Waals surface area contributed by atoms with Gasteiger partial charge in [0.1, 0.15) is 5.75 Å². The van der Waals surface area contributed by atoms with Gasteiger partial charge in [0, 0.05) is 17.7 Å². The average Bonchev–Trinajstić information content (AvgIpc) is 3.21. The van der Waals surface area contributed by atoms with Crippen molar-refractivity contribution in [1.82, 2.24) is 5.01 Å². The SMILES string of the molecule is O=C1C2C(C(=O)N1N=Cc1cc([N+](=O)[O-])ccc1O)C1C=CC2C12CC2. The van der Waals surface area contributed by atoms with Crippen LogP contribution in [0.15, 0.2) is 35.5 Å². The number of carbonyl (C=O) groups is 2. The highest BCUT2D eigenvalue weighted by molar-refractivity contribution is 6.07. The molecule has 1 N–H and O–H groups in total. The van der Waals surface area contributed by atoms with Crippen LogP contribution >= 0.6 is 0 Å². The van der Waals surface area contributed by atoms with Gasteiger partial charge < -0.3 is 5.11 Å². The summed E-state index contributed by atoms with van der Waals surface area (Å²) >= 11 is 0. The normalized spacial score (nSPS) is 32.8. The third-order valence-electron chi connectivity index (χ3n) is 6.36. The first kappa shape index (κ1) is 15.2. The fourth-order valence-electron chi connectivity index (χ4n) is 5.06. The van der Waals surface area contributed by atoms with Gasteiger partial charge in [0.25, 0.3) is 17.5 Å². The number of hydrogen-bond acceptors (Lipinski definition) is 6. The molecule has 4 unspecified atom stereocenters. The largest absolute Gasteiger partial charge is 0.507 e. The number of non-ortho nitro benzene ring substituents is 1. The van der Waals surface area contributed by atoms with Crippen molar-refractivity contribution in [3.05, 3.63) is 46.0 Å². The Morgan fingerprint density at radius 1 is 1.19 bits per heavy atom. The minimum Gasteiger partial charge on any atom is -0.507 e. The van der Waals surface area contributed by atoms with Crippen LogP contribution in [0.1, 0.15) is 18.4 Å². The van der Waals surface area contributed by atoms with Gasteiger partial charge in [-0.3, -0.25) is 19.7 Å². The van der Waals surface area contributed by atoms with Gasteiger partial charge in [-0.05, 0) is 36.2 Å². The number of amides is 2. The topological polar surface area (TPSA) is 113 Å². The van der Waals surface area contributed by atoms with E-state index in [9.17, 15) is 24.8 Å². The maximum absolute atomic E-state index is 12.8. The molecular weight excluding hydrogens is 338 g/mol. The van der Waals surface area contributed by atoms with Crippen molar-refractivity contribution in [2.45, 2.75) is 12.8 Å². The number of phenolic OH excluding ortho intramolecular Hbond substituents is 1. The number of hydrazone groups is 1. The first-order valence-electron chi connectivity index (χ1n) is 8.51. The highest BCUT2D eigenvalue weighted by Gasteiger charge is 2.73. The van der Waals surface area contributed by atoms with Crippen molar-refractivity contribution >= 4 is 23.7 Å². The predicted molar refractivity (Wildman–Crippen MR) is 89.0 cm³/mol. The van der Waals surface area contributed by atoms with Gasteiger partial charge >= 0.3 is 0 Å². The number of hydrogen-bond donors (Lipinski definition) is 1. The molecule has 26 heavy (non-hydrogen) atoms. The molecule has 2 saturated carbocycles. The maximum atomic E-state index is 12.8. The van der Waals surface area contributed by atoms with Crippen LogP contribution in [0.5, 0.6) is 5.75 Å². The second-order valence-electron chi connectivity index (χ2n) is 7.45. The lowest BCUT2D eigenvalue weighted by Crippen LogP contribution is -2.30. The van der Waals surface area contributed by atoms with Gasteiger partial charge in [0.15, 0.2) is 0 Å². The monoisotopic (exact) mass is 353 g/mol. The molecule has 1 aliphatic heterocycles. The number of allylic oxidation sites excluding steroid dienone is 2. The van der Waals surface area contributed by atoms with Gasteiger partial charge in [-0.15, -0.1) is 0 Å². The van der Waals surface area contributed by atoms with Crippen LogP contribution in [0.2, 0.25) is 0 Å². The molecule has 3 fully saturated rings. The molecule has 4 aliphatic rings. The summed E-state index contributed by atoms with van der Waals surface area (Å²) in [6.07, 6.45) is 7.40. The van der Waals surface area contributed by atoms with Crippen LogP contribution in [-0.4, -0.2) is 33.1 Å². The van der Waals surface area contributed by atoms with Crippen molar-refractivity contribution < 1.29 is 19.6 Å². The summed E-state index contributed by atoms with van der Waals surface area (Å²) < 4.78 is 0. The third-order valence-corrected chi connectivity index (χ3v) is 6.36. The smallest absolute Gasteiger partial charge is 0.270 e. The molecule has 1 aromatic carbocycles. The summed E-state index contributed by atoms with van der Waals surface area (Å²) in [6, 6.07) is 3.50. The lowest BCUT2D eigenvalue weighted by molar-refractivity contribution is -0.384. The van der Waals surface area contributed by atoms with Crippen LogP contribution in [-0.2, 0) is 9.59 Å².